The van der Waals surface area contributed by atoms with Crippen molar-refractivity contribution in [2.24, 2.45) is 0 Å². The van der Waals surface area contributed by atoms with Crippen molar-refractivity contribution in [1.29, 1.82) is 0 Å². The highest BCUT2D eigenvalue weighted by Gasteiger charge is 2.19. The molecular formula is C13H11Br2FO2S. The minimum atomic E-state index is -0.332. The Morgan fingerprint density at radius 2 is 1.79 bits per heavy atom. The molecule has 2 rings (SSSR count). The molecule has 1 aromatic heterocycles. The van der Waals surface area contributed by atoms with Crippen LogP contribution in [0.4, 0.5) is 4.39 Å². The van der Waals surface area contributed by atoms with Crippen LogP contribution in [0.25, 0.3) is 0 Å². The Hall–Kier alpha value is -0.590. The number of methoxy groups -OCH3 is 2. The lowest BCUT2D eigenvalue weighted by molar-refractivity contribution is 0.351. The molecule has 0 aliphatic heterocycles. The van der Waals surface area contributed by atoms with Gasteiger partial charge in [-0.2, -0.15) is 0 Å². The van der Waals surface area contributed by atoms with E-state index in [9.17, 15) is 4.39 Å². The number of benzene rings is 1. The zero-order chi connectivity index (χ0) is 14.0. The Kier molecular flexibility index (Phi) is 4.86. The molecule has 0 saturated heterocycles. The van der Waals surface area contributed by atoms with Crippen molar-refractivity contribution >= 4 is 43.2 Å². The summed E-state index contributed by atoms with van der Waals surface area (Å²) in [6.45, 7) is 0. The molecule has 0 amide bonds. The average molecular weight is 410 g/mol. The van der Waals surface area contributed by atoms with Crippen molar-refractivity contribution in [3.63, 3.8) is 0 Å². The Bertz CT molecular complexity index is 586. The predicted octanol–water partition coefficient (Wildman–Crippen LogP) is 5.15. The van der Waals surface area contributed by atoms with Crippen LogP contribution < -0.4 is 9.47 Å². The van der Waals surface area contributed by atoms with E-state index in [0.717, 1.165) is 9.35 Å². The molecule has 6 heteroatoms. The lowest BCUT2D eigenvalue weighted by Gasteiger charge is -2.14. The number of hydrogen-bond donors (Lipinski definition) is 0. The number of thiophene rings is 1. The van der Waals surface area contributed by atoms with Gasteiger partial charge >= 0.3 is 0 Å². The molecule has 2 nitrogen and oxygen atoms in total. The van der Waals surface area contributed by atoms with Crippen molar-refractivity contribution in [2.45, 2.75) is 4.83 Å². The van der Waals surface area contributed by atoms with Gasteiger partial charge in [-0.25, -0.2) is 4.39 Å². The lowest BCUT2D eigenvalue weighted by atomic mass is 10.1. The van der Waals surface area contributed by atoms with Crippen LogP contribution >= 0.6 is 43.2 Å². The van der Waals surface area contributed by atoms with Crippen LogP contribution in [0.2, 0.25) is 0 Å². The average Bonchev–Trinajstić information content (AvgIpc) is 2.84. The van der Waals surface area contributed by atoms with Gasteiger partial charge < -0.3 is 9.47 Å². The molecule has 1 heterocycles. The Morgan fingerprint density at radius 3 is 2.32 bits per heavy atom. The third-order valence-corrected chi connectivity index (χ3v) is 5.20. The first-order valence-electron chi connectivity index (χ1n) is 5.36. The third-order valence-electron chi connectivity index (χ3n) is 2.66. The van der Waals surface area contributed by atoms with Crippen molar-refractivity contribution in [2.75, 3.05) is 14.2 Å². The zero-order valence-corrected chi connectivity index (χ0v) is 14.2. The van der Waals surface area contributed by atoms with E-state index in [4.69, 9.17) is 9.47 Å². The molecule has 0 aliphatic carbocycles. The Labute approximate surface area is 131 Å². The molecule has 0 bridgehead atoms. The second kappa shape index (κ2) is 6.24. The van der Waals surface area contributed by atoms with Crippen LogP contribution in [0.3, 0.4) is 0 Å². The largest absolute Gasteiger partial charge is 0.493 e. The topological polar surface area (TPSA) is 18.5 Å². The highest BCUT2D eigenvalue weighted by molar-refractivity contribution is 9.11. The molecule has 0 fully saturated rings. The zero-order valence-electron chi connectivity index (χ0n) is 10.2. The minimum Gasteiger partial charge on any atom is -0.493 e. The normalized spacial score (nSPS) is 12.3. The second-order valence-corrected chi connectivity index (χ2v) is 6.98. The van der Waals surface area contributed by atoms with Gasteiger partial charge in [0.15, 0.2) is 11.5 Å². The molecule has 0 N–H and O–H groups in total. The summed E-state index contributed by atoms with van der Waals surface area (Å²) in [7, 11) is 3.02. The SMILES string of the molecule is COc1cc(F)c(C(Br)c2csc(Br)c2)cc1OC. The van der Waals surface area contributed by atoms with Crippen molar-refractivity contribution in [1.82, 2.24) is 0 Å². The van der Waals surface area contributed by atoms with Gasteiger partial charge in [-0.05, 0) is 39.0 Å². The summed E-state index contributed by atoms with van der Waals surface area (Å²) in [5.41, 5.74) is 1.51. The van der Waals surface area contributed by atoms with Gasteiger partial charge in [0.25, 0.3) is 0 Å². The summed E-state index contributed by atoms with van der Waals surface area (Å²) in [5, 5.41) is 1.97. The summed E-state index contributed by atoms with van der Waals surface area (Å²) in [5.74, 6) is 0.564. The van der Waals surface area contributed by atoms with Gasteiger partial charge in [0, 0.05) is 11.6 Å². The number of alkyl halides is 1. The molecule has 0 radical (unpaired) electrons. The Balaban J connectivity index is 2.44. The first-order valence-corrected chi connectivity index (χ1v) is 7.95. The third kappa shape index (κ3) is 3.12. The van der Waals surface area contributed by atoms with Gasteiger partial charge in [0.05, 0.1) is 22.8 Å². The maximum atomic E-state index is 14.1. The van der Waals surface area contributed by atoms with E-state index in [-0.39, 0.29) is 10.6 Å². The van der Waals surface area contributed by atoms with Gasteiger partial charge in [-0.1, -0.05) is 15.9 Å². The summed E-state index contributed by atoms with van der Waals surface area (Å²) in [6, 6.07) is 4.95. The number of hydrogen-bond acceptors (Lipinski definition) is 3. The van der Waals surface area contributed by atoms with Gasteiger partial charge in [0.2, 0.25) is 0 Å². The first-order chi connectivity index (χ1) is 9.06. The fraction of sp³-hybridized carbons (Fsp3) is 0.231. The number of rotatable bonds is 4. The van der Waals surface area contributed by atoms with E-state index in [0.29, 0.717) is 17.1 Å². The highest BCUT2D eigenvalue weighted by Crippen LogP contribution is 2.40. The van der Waals surface area contributed by atoms with Crippen LogP contribution in [0.15, 0.2) is 27.4 Å². The van der Waals surface area contributed by atoms with E-state index in [2.05, 4.69) is 31.9 Å². The molecule has 0 spiro atoms. The maximum absolute atomic E-state index is 14.1. The van der Waals surface area contributed by atoms with Gasteiger partial charge in [0.1, 0.15) is 5.82 Å². The van der Waals surface area contributed by atoms with E-state index in [1.807, 2.05) is 11.4 Å². The van der Waals surface area contributed by atoms with Crippen molar-refractivity contribution < 1.29 is 13.9 Å². The van der Waals surface area contributed by atoms with Crippen LogP contribution in [0.5, 0.6) is 11.5 Å². The van der Waals surface area contributed by atoms with Crippen molar-refractivity contribution in [3.05, 3.63) is 44.3 Å². The molecule has 19 heavy (non-hydrogen) atoms. The molecule has 0 saturated carbocycles. The second-order valence-electron chi connectivity index (χ2n) is 3.78. The maximum Gasteiger partial charge on any atom is 0.163 e. The minimum absolute atomic E-state index is 0.227. The molecule has 102 valence electrons. The van der Waals surface area contributed by atoms with E-state index in [1.54, 1.807) is 17.4 Å². The fourth-order valence-electron chi connectivity index (χ4n) is 1.70. The van der Waals surface area contributed by atoms with E-state index < -0.39 is 0 Å². The number of halogens is 3. The van der Waals surface area contributed by atoms with Crippen LogP contribution in [-0.4, -0.2) is 14.2 Å². The number of ether oxygens (including phenoxy) is 2. The van der Waals surface area contributed by atoms with Crippen LogP contribution in [0.1, 0.15) is 16.0 Å². The molecular weight excluding hydrogens is 399 g/mol. The fourth-order valence-corrected chi connectivity index (χ4v) is 3.69. The quantitative estimate of drug-likeness (QED) is 0.650. The Morgan fingerprint density at radius 1 is 1.16 bits per heavy atom. The van der Waals surface area contributed by atoms with Crippen molar-refractivity contribution in [3.8, 4) is 11.5 Å². The van der Waals surface area contributed by atoms with E-state index in [1.165, 1.54) is 20.3 Å². The van der Waals surface area contributed by atoms with Crippen LogP contribution in [-0.2, 0) is 0 Å². The van der Waals surface area contributed by atoms with Gasteiger partial charge in [-0.15, -0.1) is 11.3 Å². The summed E-state index contributed by atoms with van der Waals surface area (Å²) >= 11 is 8.48. The predicted molar refractivity (Wildman–Crippen MR) is 82.3 cm³/mol. The molecule has 1 atom stereocenters. The summed E-state index contributed by atoms with van der Waals surface area (Å²) < 4.78 is 25.4. The smallest absolute Gasteiger partial charge is 0.163 e. The summed E-state index contributed by atoms with van der Waals surface area (Å²) in [4.78, 5) is -0.227. The lowest BCUT2D eigenvalue weighted by Crippen LogP contribution is -1.99. The molecule has 0 aliphatic rings. The highest BCUT2D eigenvalue weighted by atomic mass is 79.9. The summed E-state index contributed by atoms with van der Waals surface area (Å²) in [6.07, 6.45) is 0. The van der Waals surface area contributed by atoms with Gasteiger partial charge in [-0.3, -0.25) is 0 Å². The molecule has 2 aromatic rings. The monoisotopic (exact) mass is 408 g/mol. The van der Waals surface area contributed by atoms with E-state index >= 15 is 0 Å². The molecule has 1 unspecified atom stereocenters. The molecule has 1 aromatic carbocycles. The standard InChI is InChI=1S/C13H11Br2FO2S/c1-17-10-4-8(9(16)5-11(10)18-2)13(15)7-3-12(14)19-6-7/h3-6,13H,1-2H3. The first kappa shape index (κ1) is 14.8. The van der Waals surface area contributed by atoms with Crippen LogP contribution in [0, 0.1) is 5.82 Å².